The molecule has 23 heavy (non-hydrogen) atoms. The van der Waals surface area contributed by atoms with Crippen molar-refractivity contribution in [3.8, 4) is 0 Å². The fraction of sp³-hybridized carbons (Fsp3) is 0.412. The van der Waals surface area contributed by atoms with Crippen LogP contribution in [0.15, 0.2) is 21.6 Å². The lowest BCUT2D eigenvalue weighted by atomic mass is 9.93. The molecule has 0 aromatic carbocycles. The predicted octanol–water partition coefficient (Wildman–Crippen LogP) is 4.37. The maximum atomic E-state index is 11.1. The number of aryl methyl sites for hydroxylation is 1. The molecular formula is C17H19ClN2O3. The molecule has 0 saturated carbocycles. The second-order valence-corrected chi connectivity index (χ2v) is 6.76. The second-order valence-electron chi connectivity index (χ2n) is 6.27. The van der Waals surface area contributed by atoms with Crippen LogP contribution in [0.3, 0.4) is 0 Å². The summed E-state index contributed by atoms with van der Waals surface area (Å²) in [5, 5.41) is 14.0. The molecule has 122 valence electrons. The predicted molar refractivity (Wildman–Crippen MR) is 87.9 cm³/mol. The summed E-state index contributed by atoms with van der Waals surface area (Å²) in [6.45, 7) is 6.56. The summed E-state index contributed by atoms with van der Waals surface area (Å²) in [7, 11) is 0. The smallest absolute Gasteiger partial charge is 0.356 e. The minimum atomic E-state index is -1.02. The molecule has 1 unspecified atom stereocenters. The lowest BCUT2D eigenvalue weighted by Gasteiger charge is -2.20. The quantitative estimate of drug-likeness (QED) is 0.901. The number of aromatic nitrogens is 2. The highest BCUT2D eigenvalue weighted by Gasteiger charge is 2.27. The van der Waals surface area contributed by atoms with Crippen LogP contribution in [-0.2, 0) is 6.54 Å². The van der Waals surface area contributed by atoms with Crippen LogP contribution in [0.4, 0.5) is 0 Å². The molecule has 2 aromatic rings. The van der Waals surface area contributed by atoms with Crippen LogP contribution in [0, 0.1) is 6.92 Å². The van der Waals surface area contributed by atoms with Gasteiger partial charge in [-0.25, -0.2) is 4.79 Å². The maximum absolute atomic E-state index is 11.1. The van der Waals surface area contributed by atoms with Crippen molar-refractivity contribution in [3.05, 3.63) is 45.6 Å². The highest BCUT2D eigenvalue weighted by atomic mass is 35.5. The number of rotatable bonds is 4. The van der Waals surface area contributed by atoms with E-state index in [-0.39, 0.29) is 11.6 Å². The molecule has 3 rings (SSSR count). The number of hydrogen-bond donors (Lipinski definition) is 1. The number of furan rings is 1. The van der Waals surface area contributed by atoms with Crippen LogP contribution in [0.1, 0.15) is 65.4 Å². The molecule has 0 bridgehead atoms. The third kappa shape index (κ3) is 3.06. The first-order valence-corrected chi connectivity index (χ1v) is 8.00. The van der Waals surface area contributed by atoms with Crippen LogP contribution in [0.2, 0.25) is 0 Å². The van der Waals surface area contributed by atoms with Gasteiger partial charge in [-0.05, 0) is 31.6 Å². The van der Waals surface area contributed by atoms with Crippen LogP contribution in [0.25, 0.3) is 6.08 Å². The first-order valence-electron chi connectivity index (χ1n) is 7.62. The first-order chi connectivity index (χ1) is 10.8. The first kappa shape index (κ1) is 15.9. The van der Waals surface area contributed by atoms with Crippen molar-refractivity contribution in [2.24, 2.45) is 0 Å². The van der Waals surface area contributed by atoms with Gasteiger partial charge in [0.1, 0.15) is 11.5 Å². The number of carboxylic acid groups (broad SMARTS) is 1. The van der Waals surface area contributed by atoms with Crippen LogP contribution in [-0.4, -0.2) is 20.9 Å². The van der Waals surface area contributed by atoms with Crippen LogP contribution >= 0.6 is 11.6 Å². The Labute approximate surface area is 139 Å². The lowest BCUT2D eigenvalue weighted by molar-refractivity contribution is 0.0689. The molecule has 0 fully saturated rings. The summed E-state index contributed by atoms with van der Waals surface area (Å²) >= 11 is 6.29. The molecule has 5 nitrogen and oxygen atoms in total. The largest absolute Gasteiger partial charge is 0.476 e. The SMILES string of the molecule is Cc1cc(C(=O)O)nn1CC1CC(Cl)=Cc2cc(C(C)C)oc21. The maximum Gasteiger partial charge on any atom is 0.356 e. The zero-order valence-corrected chi connectivity index (χ0v) is 14.1. The minimum absolute atomic E-state index is 0.0512. The Kier molecular flexibility index (Phi) is 4.06. The Balaban J connectivity index is 1.92. The normalized spacial score (nSPS) is 17.3. The third-order valence-corrected chi connectivity index (χ3v) is 4.36. The van der Waals surface area contributed by atoms with E-state index in [9.17, 15) is 4.79 Å². The van der Waals surface area contributed by atoms with E-state index >= 15 is 0 Å². The molecule has 0 saturated heterocycles. The topological polar surface area (TPSA) is 68.3 Å². The molecule has 0 spiro atoms. The van der Waals surface area contributed by atoms with Gasteiger partial charge in [-0.3, -0.25) is 4.68 Å². The third-order valence-electron chi connectivity index (χ3n) is 4.10. The Bertz CT molecular complexity index is 786. The van der Waals surface area contributed by atoms with Gasteiger partial charge in [0.2, 0.25) is 0 Å². The zero-order valence-electron chi connectivity index (χ0n) is 13.3. The Morgan fingerprint density at radius 3 is 2.87 bits per heavy atom. The van der Waals surface area contributed by atoms with E-state index < -0.39 is 5.97 Å². The molecule has 2 heterocycles. The van der Waals surface area contributed by atoms with Gasteiger partial charge in [0.05, 0.1) is 6.54 Å². The monoisotopic (exact) mass is 334 g/mol. The number of halogens is 1. The van der Waals surface area contributed by atoms with Gasteiger partial charge in [-0.15, -0.1) is 0 Å². The van der Waals surface area contributed by atoms with Crippen molar-refractivity contribution in [2.45, 2.75) is 45.6 Å². The van der Waals surface area contributed by atoms with Crippen molar-refractivity contribution in [3.63, 3.8) is 0 Å². The Morgan fingerprint density at radius 2 is 2.26 bits per heavy atom. The van der Waals surface area contributed by atoms with Gasteiger partial charge < -0.3 is 9.52 Å². The standard InChI is InChI=1S/C17H19ClN2O3/c1-9(2)15-7-11-5-13(18)6-12(16(11)23-15)8-20-10(3)4-14(19-20)17(21)22/h4-5,7,9,12H,6,8H2,1-3H3,(H,21,22). The van der Waals surface area contributed by atoms with E-state index in [2.05, 4.69) is 18.9 Å². The van der Waals surface area contributed by atoms with Gasteiger partial charge in [-0.1, -0.05) is 25.4 Å². The van der Waals surface area contributed by atoms with E-state index in [4.69, 9.17) is 21.1 Å². The van der Waals surface area contributed by atoms with Crippen molar-refractivity contribution in [2.75, 3.05) is 0 Å². The fourth-order valence-electron chi connectivity index (χ4n) is 2.87. The molecule has 0 aliphatic heterocycles. The fourth-order valence-corrected chi connectivity index (χ4v) is 3.17. The van der Waals surface area contributed by atoms with Crippen molar-refractivity contribution < 1.29 is 14.3 Å². The molecule has 1 aliphatic carbocycles. The summed E-state index contributed by atoms with van der Waals surface area (Å²) in [5.41, 5.74) is 1.88. The number of aromatic carboxylic acids is 1. The van der Waals surface area contributed by atoms with Gasteiger partial charge >= 0.3 is 5.97 Å². The van der Waals surface area contributed by atoms with E-state index in [1.54, 1.807) is 10.7 Å². The zero-order chi connectivity index (χ0) is 16.7. The van der Waals surface area contributed by atoms with E-state index in [1.165, 1.54) is 0 Å². The molecule has 1 atom stereocenters. The molecule has 2 aromatic heterocycles. The molecule has 0 radical (unpaired) electrons. The highest BCUT2D eigenvalue weighted by Crippen LogP contribution is 2.39. The van der Waals surface area contributed by atoms with Crippen molar-refractivity contribution in [1.82, 2.24) is 9.78 Å². The summed E-state index contributed by atoms with van der Waals surface area (Å²) in [6, 6.07) is 3.61. The van der Waals surface area contributed by atoms with E-state index in [1.807, 2.05) is 19.1 Å². The number of allylic oxidation sites excluding steroid dienone is 1. The second kappa shape index (κ2) is 5.89. The molecule has 1 aliphatic rings. The Hall–Kier alpha value is -2.01. The number of carboxylic acids is 1. The summed E-state index contributed by atoms with van der Waals surface area (Å²) in [4.78, 5) is 11.1. The van der Waals surface area contributed by atoms with E-state index in [0.717, 1.165) is 27.8 Å². The van der Waals surface area contributed by atoms with Gasteiger partial charge in [0.15, 0.2) is 5.69 Å². The van der Waals surface area contributed by atoms with Crippen molar-refractivity contribution >= 4 is 23.6 Å². The molecular weight excluding hydrogens is 316 g/mol. The van der Waals surface area contributed by atoms with Crippen LogP contribution in [0.5, 0.6) is 0 Å². The summed E-state index contributed by atoms with van der Waals surface area (Å²) in [5.74, 6) is 1.18. The van der Waals surface area contributed by atoms with Gasteiger partial charge in [-0.2, -0.15) is 5.10 Å². The van der Waals surface area contributed by atoms with E-state index in [0.29, 0.717) is 18.9 Å². The van der Waals surface area contributed by atoms with Crippen molar-refractivity contribution in [1.29, 1.82) is 0 Å². The molecule has 6 heteroatoms. The molecule has 0 amide bonds. The average Bonchev–Trinajstić information content (AvgIpc) is 3.03. The summed E-state index contributed by atoms with van der Waals surface area (Å²) < 4.78 is 7.75. The van der Waals surface area contributed by atoms with Gasteiger partial charge in [0, 0.05) is 28.1 Å². The number of nitrogens with zero attached hydrogens (tertiary/aromatic N) is 2. The Morgan fingerprint density at radius 1 is 1.52 bits per heavy atom. The minimum Gasteiger partial charge on any atom is -0.476 e. The number of carbonyl (C=O) groups is 1. The number of hydrogen-bond acceptors (Lipinski definition) is 3. The summed E-state index contributed by atoms with van der Waals surface area (Å²) in [6.07, 6.45) is 2.61. The van der Waals surface area contributed by atoms with Gasteiger partial charge in [0.25, 0.3) is 0 Å². The number of fused-ring (bicyclic) bond motifs is 1. The van der Waals surface area contributed by atoms with Crippen LogP contribution < -0.4 is 0 Å². The lowest BCUT2D eigenvalue weighted by Crippen LogP contribution is -2.14. The highest BCUT2D eigenvalue weighted by molar-refractivity contribution is 6.31. The average molecular weight is 335 g/mol. The molecule has 1 N–H and O–H groups in total.